The minimum Gasteiger partial charge on any atom is -0.497 e. The fourth-order valence-electron chi connectivity index (χ4n) is 3.41. The number of nitrogens with zero attached hydrogens (tertiary/aromatic N) is 1. The van der Waals surface area contributed by atoms with Crippen LogP contribution < -0.4 is 4.74 Å². The van der Waals surface area contributed by atoms with Crippen molar-refractivity contribution in [2.75, 3.05) is 27.2 Å². The fraction of sp³-hybridized carbons (Fsp3) is 0.562. The van der Waals surface area contributed by atoms with Gasteiger partial charge in [-0.25, -0.2) is 0 Å². The van der Waals surface area contributed by atoms with Gasteiger partial charge in [-0.2, -0.15) is 0 Å². The van der Waals surface area contributed by atoms with Crippen LogP contribution in [0.1, 0.15) is 35.2 Å². The van der Waals surface area contributed by atoms with Gasteiger partial charge in [-0.05, 0) is 63.5 Å². The van der Waals surface area contributed by atoms with Gasteiger partial charge in [0.05, 0.1) is 7.11 Å². The monoisotopic (exact) mass is 259 g/mol. The zero-order valence-corrected chi connectivity index (χ0v) is 11.7. The van der Waals surface area contributed by atoms with Crippen LogP contribution in [0.4, 0.5) is 0 Å². The van der Waals surface area contributed by atoms with Crippen LogP contribution >= 0.6 is 0 Å². The summed E-state index contributed by atoms with van der Waals surface area (Å²) in [4.78, 5) is 15.2. The van der Waals surface area contributed by atoms with E-state index in [9.17, 15) is 4.79 Å². The van der Waals surface area contributed by atoms with E-state index in [0.29, 0.717) is 5.78 Å². The molecule has 1 aliphatic carbocycles. The summed E-state index contributed by atoms with van der Waals surface area (Å²) in [6, 6.07) is 5.93. The Labute approximate surface area is 114 Å². The largest absolute Gasteiger partial charge is 0.497 e. The Morgan fingerprint density at radius 2 is 1.95 bits per heavy atom. The van der Waals surface area contributed by atoms with Gasteiger partial charge in [0, 0.05) is 11.0 Å². The number of hydrogen-bond acceptors (Lipinski definition) is 3. The number of ether oxygens (including phenoxy) is 1. The number of hydrogen-bond donors (Lipinski definition) is 0. The van der Waals surface area contributed by atoms with Gasteiger partial charge < -0.3 is 9.64 Å². The summed E-state index contributed by atoms with van der Waals surface area (Å²) in [5.74, 6) is 1.14. The molecule has 19 heavy (non-hydrogen) atoms. The Kier molecular flexibility index (Phi) is 3.09. The lowest BCUT2D eigenvalue weighted by atomic mass is 9.65. The maximum absolute atomic E-state index is 12.9. The van der Waals surface area contributed by atoms with Gasteiger partial charge in [0.25, 0.3) is 0 Å². The molecule has 1 aliphatic heterocycles. The molecule has 1 heterocycles. The Morgan fingerprint density at radius 1 is 1.21 bits per heavy atom. The molecule has 0 saturated carbocycles. The summed E-state index contributed by atoms with van der Waals surface area (Å²) in [5, 5.41) is 0. The Hall–Kier alpha value is -1.35. The van der Waals surface area contributed by atoms with Crippen LogP contribution in [0.15, 0.2) is 18.2 Å². The summed E-state index contributed by atoms with van der Waals surface area (Å²) < 4.78 is 5.26. The van der Waals surface area contributed by atoms with Crippen molar-refractivity contribution in [3.05, 3.63) is 29.3 Å². The first-order valence-corrected chi connectivity index (χ1v) is 7.05. The molecule has 0 amide bonds. The summed E-state index contributed by atoms with van der Waals surface area (Å²) in [5.41, 5.74) is 1.98. The molecule has 0 atom stereocenters. The SMILES string of the molecule is COc1ccc2c(c1)C(=O)C1(CC2)CCN(C)CC1. The van der Waals surface area contributed by atoms with Crippen molar-refractivity contribution >= 4 is 5.78 Å². The van der Waals surface area contributed by atoms with Crippen LogP contribution in [0, 0.1) is 5.41 Å². The molecule has 1 aromatic carbocycles. The highest BCUT2D eigenvalue weighted by molar-refractivity contribution is 6.03. The van der Waals surface area contributed by atoms with E-state index >= 15 is 0 Å². The van der Waals surface area contributed by atoms with E-state index in [1.807, 2.05) is 18.2 Å². The third-order valence-corrected chi connectivity index (χ3v) is 4.86. The van der Waals surface area contributed by atoms with Crippen molar-refractivity contribution in [3.63, 3.8) is 0 Å². The van der Waals surface area contributed by atoms with Crippen LogP contribution in [0.2, 0.25) is 0 Å². The average Bonchev–Trinajstić information content (AvgIpc) is 2.45. The third-order valence-electron chi connectivity index (χ3n) is 4.86. The zero-order valence-electron chi connectivity index (χ0n) is 11.7. The summed E-state index contributed by atoms with van der Waals surface area (Å²) >= 11 is 0. The van der Waals surface area contributed by atoms with Crippen molar-refractivity contribution in [2.24, 2.45) is 5.41 Å². The van der Waals surface area contributed by atoms with Crippen molar-refractivity contribution in [1.29, 1.82) is 0 Å². The van der Waals surface area contributed by atoms with Crippen molar-refractivity contribution < 1.29 is 9.53 Å². The molecule has 0 aromatic heterocycles. The number of benzene rings is 1. The zero-order chi connectivity index (χ0) is 13.5. The van der Waals surface area contributed by atoms with E-state index < -0.39 is 0 Å². The van der Waals surface area contributed by atoms with Crippen molar-refractivity contribution in [1.82, 2.24) is 4.90 Å². The number of Topliss-reactive ketones (excluding diaryl/α,β-unsaturated/α-hetero) is 1. The second kappa shape index (κ2) is 4.64. The predicted octanol–water partition coefficient (Wildman–Crippen LogP) is 2.54. The second-order valence-electron chi connectivity index (χ2n) is 5.94. The molecule has 3 nitrogen and oxygen atoms in total. The first-order valence-electron chi connectivity index (χ1n) is 7.05. The topological polar surface area (TPSA) is 29.5 Å². The normalized spacial score (nSPS) is 22.3. The molecule has 0 N–H and O–H groups in total. The molecule has 1 aromatic rings. The van der Waals surface area contributed by atoms with E-state index in [1.54, 1.807) is 7.11 Å². The van der Waals surface area contributed by atoms with Crippen molar-refractivity contribution in [2.45, 2.75) is 25.7 Å². The summed E-state index contributed by atoms with van der Waals surface area (Å²) in [7, 11) is 3.79. The van der Waals surface area contributed by atoms with Crippen molar-refractivity contribution in [3.8, 4) is 5.75 Å². The van der Waals surface area contributed by atoms with Gasteiger partial charge in [-0.15, -0.1) is 0 Å². The van der Waals surface area contributed by atoms with E-state index in [2.05, 4.69) is 11.9 Å². The standard InChI is InChI=1S/C16H21NO2/c1-17-9-7-16(8-10-17)6-5-12-3-4-13(19-2)11-14(12)15(16)18/h3-4,11H,5-10H2,1-2H3. The van der Waals surface area contributed by atoms with Gasteiger partial charge in [0.1, 0.15) is 5.75 Å². The molecule has 3 rings (SSSR count). The Morgan fingerprint density at radius 3 is 2.63 bits per heavy atom. The lowest BCUT2D eigenvalue weighted by Crippen LogP contribution is -2.45. The maximum atomic E-state index is 12.9. The third kappa shape index (κ3) is 2.06. The second-order valence-corrected chi connectivity index (χ2v) is 5.94. The molecule has 0 bridgehead atoms. The van der Waals surface area contributed by atoms with Crippen LogP contribution in [0.3, 0.4) is 0 Å². The number of aryl methyl sites for hydroxylation is 1. The quantitative estimate of drug-likeness (QED) is 0.776. The van der Waals surface area contributed by atoms with E-state index in [4.69, 9.17) is 4.74 Å². The summed E-state index contributed by atoms with van der Waals surface area (Å²) in [6.45, 7) is 2.07. The highest BCUT2D eigenvalue weighted by Crippen LogP contribution is 2.43. The van der Waals surface area contributed by atoms with Crippen LogP contribution in [-0.4, -0.2) is 37.9 Å². The number of piperidine rings is 1. The smallest absolute Gasteiger partial charge is 0.169 e. The average molecular weight is 259 g/mol. The molecule has 0 radical (unpaired) electrons. The van der Waals surface area contributed by atoms with E-state index in [0.717, 1.165) is 50.1 Å². The first-order chi connectivity index (χ1) is 9.14. The molecular formula is C16H21NO2. The molecule has 2 aliphatic rings. The molecule has 1 saturated heterocycles. The number of ketones is 1. The lowest BCUT2D eigenvalue weighted by Gasteiger charge is -2.42. The van der Waals surface area contributed by atoms with Gasteiger partial charge in [-0.3, -0.25) is 4.79 Å². The number of rotatable bonds is 1. The fourth-order valence-corrected chi connectivity index (χ4v) is 3.41. The van der Waals surface area contributed by atoms with Gasteiger partial charge in [-0.1, -0.05) is 6.07 Å². The maximum Gasteiger partial charge on any atom is 0.169 e. The molecule has 1 fully saturated rings. The predicted molar refractivity (Wildman–Crippen MR) is 74.8 cm³/mol. The Balaban J connectivity index is 1.94. The summed E-state index contributed by atoms with van der Waals surface area (Å²) in [6.07, 6.45) is 4.03. The molecular weight excluding hydrogens is 238 g/mol. The van der Waals surface area contributed by atoms with Crippen LogP contribution in [0.25, 0.3) is 0 Å². The van der Waals surface area contributed by atoms with E-state index in [-0.39, 0.29) is 5.41 Å². The van der Waals surface area contributed by atoms with Crippen LogP contribution in [-0.2, 0) is 6.42 Å². The number of methoxy groups -OCH3 is 1. The Bertz CT molecular complexity index is 501. The van der Waals surface area contributed by atoms with Gasteiger partial charge >= 0.3 is 0 Å². The number of carbonyl (C=O) groups excluding carboxylic acids is 1. The highest BCUT2D eigenvalue weighted by Gasteiger charge is 2.43. The van der Waals surface area contributed by atoms with E-state index in [1.165, 1.54) is 5.56 Å². The highest BCUT2D eigenvalue weighted by atomic mass is 16.5. The minimum atomic E-state index is -0.105. The minimum absolute atomic E-state index is 0.105. The first kappa shape index (κ1) is 12.7. The number of fused-ring (bicyclic) bond motifs is 1. The molecule has 102 valence electrons. The van der Waals surface area contributed by atoms with Gasteiger partial charge in [0.15, 0.2) is 5.78 Å². The molecule has 0 unspecified atom stereocenters. The lowest BCUT2D eigenvalue weighted by molar-refractivity contribution is 0.0580. The molecule has 1 spiro atoms. The number of carbonyl (C=O) groups is 1. The van der Waals surface area contributed by atoms with Gasteiger partial charge in [0.2, 0.25) is 0 Å². The number of likely N-dealkylation sites (tertiary alicyclic amines) is 1. The molecule has 3 heteroatoms. The van der Waals surface area contributed by atoms with Crippen LogP contribution in [0.5, 0.6) is 5.75 Å².